The average Bonchev–Trinajstić information content (AvgIpc) is 2.29. The standard InChI is InChI=1S/C11H15ClN4O/c1-8(17)16-4-2-9(3-5-16)14-10-6-11(12)15-13-7-10/h6-7,9H,2-5H2,1H3,(H,14,15). The van der Waals surface area contributed by atoms with Gasteiger partial charge in [-0.2, -0.15) is 5.10 Å². The van der Waals surface area contributed by atoms with Crippen LogP contribution in [0.4, 0.5) is 5.69 Å². The smallest absolute Gasteiger partial charge is 0.219 e. The number of hydrogen-bond acceptors (Lipinski definition) is 4. The lowest BCUT2D eigenvalue weighted by Gasteiger charge is -2.32. The third-order valence-corrected chi connectivity index (χ3v) is 3.12. The first-order valence-corrected chi connectivity index (χ1v) is 6.03. The molecule has 0 saturated carbocycles. The van der Waals surface area contributed by atoms with Crippen LogP contribution in [0.2, 0.25) is 5.15 Å². The molecule has 1 amide bonds. The summed E-state index contributed by atoms with van der Waals surface area (Å²) in [5.41, 5.74) is 0.881. The van der Waals surface area contributed by atoms with Gasteiger partial charge in [-0.05, 0) is 12.8 Å². The Bertz CT molecular complexity index is 404. The molecule has 1 aliphatic heterocycles. The number of piperidine rings is 1. The molecular weight excluding hydrogens is 240 g/mol. The molecule has 17 heavy (non-hydrogen) atoms. The Labute approximate surface area is 105 Å². The summed E-state index contributed by atoms with van der Waals surface area (Å²) in [6.45, 7) is 3.22. The van der Waals surface area contributed by atoms with Gasteiger partial charge in [0.15, 0.2) is 5.15 Å². The van der Waals surface area contributed by atoms with Crippen molar-refractivity contribution in [3.8, 4) is 0 Å². The molecule has 0 unspecified atom stereocenters. The van der Waals surface area contributed by atoms with Crippen LogP contribution in [-0.2, 0) is 4.79 Å². The van der Waals surface area contributed by atoms with Crippen LogP contribution in [0.25, 0.3) is 0 Å². The molecule has 1 N–H and O–H groups in total. The third kappa shape index (κ3) is 3.30. The number of aromatic nitrogens is 2. The summed E-state index contributed by atoms with van der Waals surface area (Å²) in [5, 5.41) is 11.2. The Morgan fingerprint density at radius 1 is 1.53 bits per heavy atom. The van der Waals surface area contributed by atoms with E-state index in [-0.39, 0.29) is 5.91 Å². The number of rotatable bonds is 2. The first-order valence-electron chi connectivity index (χ1n) is 5.65. The van der Waals surface area contributed by atoms with E-state index in [1.54, 1.807) is 19.2 Å². The fourth-order valence-electron chi connectivity index (χ4n) is 1.99. The van der Waals surface area contributed by atoms with Gasteiger partial charge in [0.05, 0.1) is 11.9 Å². The number of amides is 1. The van der Waals surface area contributed by atoms with Crippen molar-refractivity contribution in [3.63, 3.8) is 0 Å². The maximum Gasteiger partial charge on any atom is 0.219 e. The number of carbonyl (C=O) groups excluding carboxylic acids is 1. The number of carbonyl (C=O) groups is 1. The summed E-state index contributed by atoms with van der Waals surface area (Å²) in [4.78, 5) is 13.0. The molecule has 1 saturated heterocycles. The van der Waals surface area contributed by atoms with Crippen molar-refractivity contribution in [3.05, 3.63) is 17.4 Å². The first kappa shape index (κ1) is 12.1. The van der Waals surface area contributed by atoms with Crippen molar-refractivity contribution in [2.75, 3.05) is 18.4 Å². The number of hydrogen-bond donors (Lipinski definition) is 1. The highest BCUT2D eigenvalue weighted by molar-refractivity contribution is 6.29. The van der Waals surface area contributed by atoms with Crippen LogP contribution in [0.15, 0.2) is 12.3 Å². The Morgan fingerprint density at radius 2 is 2.24 bits per heavy atom. The molecule has 1 aliphatic rings. The molecule has 1 aromatic heterocycles. The predicted octanol–water partition coefficient (Wildman–Crippen LogP) is 1.55. The van der Waals surface area contributed by atoms with Gasteiger partial charge in [-0.25, -0.2) is 0 Å². The highest BCUT2D eigenvalue weighted by atomic mass is 35.5. The van der Waals surface area contributed by atoms with E-state index in [1.165, 1.54) is 0 Å². The van der Waals surface area contributed by atoms with Crippen molar-refractivity contribution in [2.24, 2.45) is 0 Å². The molecule has 0 aliphatic carbocycles. The van der Waals surface area contributed by atoms with Crippen molar-refractivity contribution < 1.29 is 4.79 Å². The van der Waals surface area contributed by atoms with Crippen molar-refractivity contribution in [1.29, 1.82) is 0 Å². The highest BCUT2D eigenvalue weighted by Gasteiger charge is 2.20. The zero-order valence-electron chi connectivity index (χ0n) is 9.69. The fraction of sp³-hybridized carbons (Fsp3) is 0.545. The molecule has 0 atom stereocenters. The van der Waals surface area contributed by atoms with Crippen LogP contribution in [0, 0.1) is 0 Å². The molecule has 1 aromatic rings. The van der Waals surface area contributed by atoms with Crippen molar-refractivity contribution in [2.45, 2.75) is 25.8 Å². The Morgan fingerprint density at radius 3 is 2.82 bits per heavy atom. The van der Waals surface area contributed by atoms with Gasteiger partial charge in [-0.15, -0.1) is 5.10 Å². The number of halogens is 1. The van der Waals surface area contributed by atoms with Crippen LogP contribution in [0.3, 0.4) is 0 Å². The topological polar surface area (TPSA) is 58.1 Å². The monoisotopic (exact) mass is 254 g/mol. The summed E-state index contributed by atoms with van der Waals surface area (Å²) in [6.07, 6.45) is 3.54. The second-order valence-corrected chi connectivity index (χ2v) is 4.58. The molecule has 1 fully saturated rings. The minimum absolute atomic E-state index is 0.150. The summed E-state index contributed by atoms with van der Waals surface area (Å²) in [5.74, 6) is 0.150. The summed E-state index contributed by atoms with van der Waals surface area (Å²) in [6, 6.07) is 2.12. The average molecular weight is 255 g/mol. The van der Waals surface area contributed by atoms with Gasteiger partial charge in [0.1, 0.15) is 0 Å². The Hall–Kier alpha value is -1.36. The number of nitrogens with one attached hydrogen (secondary N) is 1. The van der Waals surface area contributed by atoms with E-state index < -0.39 is 0 Å². The molecule has 0 radical (unpaired) electrons. The Kier molecular flexibility index (Phi) is 3.78. The van der Waals surface area contributed by atoms with Gasteiger partial charge in [-0.1, -0.05) is 11.6 Å². The van der Waals surface area contributed by atoms with Crippen LogP contribution >= 0.6 is 11.6 Å². The number of anilines is 1. The van der Waals surface area contributed by atoms with Crippen molar-refractivity contribution >= 4 is 23.2 Å². The summed E-state index contributed by atoms with van der Waals surface area (Å²) in [7, 11) is 0. The fourth-order valence-corrected chi connectivity index (χ4v) is 2.16. The van der Waals surface area contributed by atoms with Gasteiger partial charge >= 0.3 is 0 Å². The Balaban J connectivity index is 1.88. The minimum atomic E-state index is 0.150. The predicted molar refractivity (Wildman–Crippen MR) is 65.9 cm³/mol. The molecule has 2 rings (SSSR count). The maximum atomic E-state index is 11.2. The van der Waals surface area contributed by atoms with E-state index >= 15 is 0 Å². The highest BCUT2D eigenvalue weighted by Crippen LogP contribution is 2.17. The minimum Gasteiger partial charge on any atom is -0.381 e. The van der Waals surface area contributed by atoms with Gasteiger partial charge in [-0.3, -0.25) is 4.79 Å². The molecule has 0 aromatic carbocycles. The van der Waals surface area contributed by atoms with Crippen LogP contribution in [0.5, 0.6) is 0 Å². The second kappa shape index (κ2) is 5.31. The zero-order valence-corrected chi connectivity index (χ0v) is 10.4. The van der Waals surface area contributed by atoms with Gasteiger partial charge < -0.3 is 10.2 Å². The number of likely N-dealkylation sites (tertiary alicyclic amines) is 1. The lowest BCUT2D eigenvalue weighted by Crippen LogP contribution is -2.41. The molecule has 5 nitrogen and oxygen atoms in total. The lowest BCUT2D eigenvalue weighted by atomic mass is 10.0. The van der Waals surface area contributed by atoms with Crippen LogP contribution in [0.1, 0.15) is 19.8 Å². The van der Waals surface area contributed by atoms with E-state index in [9.17, 15) is 4.79 Å². The molecule has 6 heteroatoms. The number of nitrogens with zero attached hydrogens (tertiary/aromatic N) is 3. The second-order valence-electron chi connectivity index (χ2n) is 4.19. The third-order valence-electron chi connectivity index (χ3n) is 2.94. The van der Waals surface area contributed by atoms with Crippen LogP contribution in [-0.4, -0.2) is 40.1 Å². The molecule has 0 bridgehead atoms. The first-order chi connectivity index (χ1) is 8.15. The van der Waals surface area contributed by atoms with Crippen LogP contribution < -0.4 is 5.32 Å². The van der Waals surface area contributed by atoms with Gasteiger partial charge in [0.25, 0.3) is 0 Å². The van der Waals surface area contributed by atoms with E-state index in [0.717, 1.165) is 31.6 Å². The van der Waals surface area contributed by atoms with Gasteiger partial charge in [0.2, 0.25) is 5.91 Å². The molecular formula is C11H15ClN4O. The van der Waals surface area contributed by atoms with Gasteiger partial charge in [0, 0.05) is 32.1 Å². The van der Waals surface area contributed by atoms with E-state index in [0.29, 0.717) is 11.2 Å². The lowest BCUT2D eigenvalue weighted by molar-refractivity contribution is -0.129. The van der Waals surface area contributed by atoms with E-state index in [4.69, 9.17) is 11.6 Å². The zero-order chi connectivity index (χ0) is 12.3. The SMILES string of the molecule is CC(=O)N1CCC(Nc2cnnc(Cl)c2)CC1. The summed E-state index contributed by atoms with van der Waals surface area (Å²) >= 11 is 5.76. The molecule has 2 heterocycles. The quantitative estimate of drug-likeness (QED) is 0.870. The molecule has 92 valence electrons. The van der Waals surface area contributed by atoms with Crippen molar-refractivity contribution in [1.82, 2.24) is 15.1 Å². The van der Waals surface area contributed by atoms with E-state index in [2.05, 4.69) is 15.5 Å². The summed E-state index contributed by atoms with van der Waals surface area (Å²) < 4.78 is 0. The maximum absolute atomic E-state index is 11.2. The molecule has 0 spiro atoms. The largest absolute Gasteiger partial charge is 0.381 e. The van der Waals surface area contributed by atoms with E-state index in [1.807, 2.05) is 4.90 Å². The normalized spacial score (nSPS) is 16.9.